The van der Waals surface area contributed by atoms with Crippen LogP contribution in [0.15, 0.2) is 42.9 Å². The molecule has 0 aliphatic carbocycles. The Morgan fingerprint density at radius 3 is 2.69 bits per heavy atom. The average molecular weight is 476 g/mol. The van der Waals surface area contributed by atoms with E-state index >= 15 is 0 Å². The largest absolute Gasteiger partial charge is 0.497 e. The number of likely N-dealkylation sites (tertiary alicyclic amines) is 1. The summed E-state index contributed by atoms with van der Waals surface area (Å²) in [6.07, 6.45) is 6.65. The maximum Gasteiger partial charge on any atom is 0.327 e. The first kappa shape index (κ1) is 22.8. The van der Waals surface area contributed by atoms with Crippen LogP contribution < -0.4 is 9.64 Å². The number of anilines is 1. The third-order valence-corrected chi connectivity index (χ3v) is 7.12. The van der Waals surface area contributed by atoms with E-state index in [4.69, 9.17) is 9.72 Å². The average Bonchev–Trinajstić information content (AvgIpc) is 3.48. The van der Waals surface area contributed by atoms with Gasteiger partial charge in [0.2, 0.25) is 11.9 Å². The van der Waals surface area contributed by atoms with Gasteiger partial charge in [-0.25, -0.2) is 14.8 Å². The van der Waals surface area contributed by atoms with Gasteiger partial charge in [0.05, 0.1) is 31.1 Å². The van der Waals surface area contributed by atoms with E-state index in [1.54, 1.807) is 37.5 Å². The molecule has 1 spiro atoms. The molecule has 10 heteroatoms. The van der Waals surface area contributed by atoms with Crippen LogP contribution in [0.3, 0.4) is 0 Å². The Labute approximate surface area is 203 Å². The fourth-order valence-corrected chi connectivity index (χ4v) is 5.07. The molecule has 3 amide bonds. The summed E-state index contributed by atoms with van der Waals surface area (Å²) in [5, 5.41) is 6.81. The van der Waals surface area contributed by atoms with Crippen molar-refractivity contribution in [3.63, 3.8) is 0 Å². The summed E-state index contributed by atoms with van der Waals surface area (Å²) >= 11 is 0. The Hall–Kier alpha value is -3.95. The van der Waals surface area contributed by atoms with Crippen molar-refractivity contribution in [3.8, 4) is 16.9 Å². The van der Waals surface area contributed by atoms with Gasteiger partial charge in [0.15, 0.2) is 0 Å². The first-order valence-electron chi connectivity index (χ1n) is 11.7. The molecule has 2 fully saturated rings. The quantitative estimate of drug-likeness (QED) is 0.608. The van der Waals surface area contributed by atoms with Gasteiger partial charge in [0, 0.05) is 50.1 Å². The van der Waals surface area contributed by atoms with Gasteiger partial charge < -0.3 is 14.5 Å². The van der Waals surface area contributed by atoms with Gasteiger partial charge in [-0.15, -0.1) is 0 Å². The Morgan fingerprint density at radius 2 is 2.03 bits per heavy atom. The molecule has 2 aliphatic heterocycles. The van der Waals surface area contributed by atoms with E-state index in [0.29, 0.717) is 45.0 Å². The van der Waals surface area contributed by atoms with Crippen molar-refractivity contribution >= 4 is 17.9 Å². The lowest BCUT2D eigenvalue weighted by atomic mass is 9.86. The van der Waals surface area contributed by atoms with Crippen LogP contribution in [-0.4, -0.2) is 74.2 Å². The minimum absolute atomic E-state index is 0.0640. The smallest absolute Gasteiger partial charge is 0.327 e. The Bertz CT molecular complexity index is 1240. The summed E-state index contributed by atoms with van der Waals surface area (Å²) in [6.45, 7) is 5.65. The van der Waals surface area contributed by atoms with Gasteiger partial charge in [0.1, 0.15) is 5.75 Å². The van der Waals surface area contributed by atoms with Gasteiger partial charge in [-0.1, -0.05) is 12.1 Å². The lowest BCUT2D eigenvalue weighted by Gasteiger charge is -2.43. The maximum atomic E-state index is 13.8. The van der Waals surface area contributed by atoms with Crippen molar-refractivity contribution in [2.24, 2.45) is 0 Å². The van der Waals surface area contributed by atoms with Gasteiger partial charge in [0.25, 0.3) is 0 Å². The number of aromatic amines is 1. The van der Waals surface area contributed by atoms with Crippen molar-refractivity contribution in [2.45, 2.75) is 38.8 Å². The lowest BCUT2D eigenvalue weighted by Crippen LogP contribution is -2.54. The monoisotopic (exact) mass is 475 g/mol. The molecule has 1 N–H and O–H groups in total. The highest BCUT2D eigenvalue weighted by Crippen LogP contribution is 2.39. The lowest BCUT2D eigenvalue weighted by molar-refractivity contribution is -0.131. The standard InChI is InChI=1S/C25H29N7O3/c1-17-22(20-12-27-28-13-20)14-26-23(29-17)31-16-25(7-9-30(10-8-25)18(2)33)32(24(31)34)15-19-5-4-6-21(11-19)35-3/h4-6,11-14H,7-10,15-16H2,1-3H3,(H,27,28). The molecule has 0 atom stereocenters. The summed E-state index contributed by atoms with van der Waals surface area (Å²) < 4.78 is 5.38. The zero-order valence-electron chi connectivity index (χ0n) is 20.2. The molecule has 0 unspecified atom stereocenters. The van der Waals surface area contributed by atoms with E-state index in [1.807, 2.05) is 41.0 Å². The van der Waals surface area contributed by atoms with Gasteiger partial charge in [-0.3, -0.25) is 14.8 Å². The fourth-order valence-electron chi connectivity index (χ4n) is 5.07. The number of ether oxygens (including phenoxy) is 1. The molecule has 10 nitrogen and oxygen atoms in total. The number of rotatable bonds is 5. The molecule has 2 aromatic heterocycles. The van der Waals surface area contributed by atoms with E-state index < -0.39 is 5.54 Å². The highest BCUT2D eigenvalue weighted by molar-refractivity contribution is 5.94. The number of aromatic nitrogens is 4. The minimum Gasteiger partial charge on any atom is -0.497 e. The Kier molecular flexibility index (Phi) is 5.88. The fraction of sp³-hybridized carbons (Fsp3) is 0.400. The van der Waals surface area contributed by atoms with Crippen LogP contribution in [0.4, 0.5) is 10.7 Å². The number of carbonyl (C=O) groups is 2. The third-order valence-electron chi connectivity index (χ3n) is 7.12. The number of carbonyl (C=O) groups excluding carboxylic acids is 2. The number of amides is 3. The molecule has 2 saturated heterocycles. The highest BCUT2D eigenvalue weighted by Gasteiger charge is 2.52. The van der Waals surface area contributed by atoms with Gasteiger partial charge >= 0.3 is 6.03 Å². The molecule has 5 rings (SSSR count). The van der Waals surface area contributed by atoms with Crippen LogP contribution in [0, 0.1) is 6.92 Å². The van der Waals surface area contributed by atoms with Crippen LogP contribution in [0.2, 0.25) is 0 Å². The van der Waals surface area contributed by atoms with Crippen molar-refractivity contribution in [1.29, 1.82) is 0 Å². The predicted octanol–water partition coefficient (Wildman–Crippen LogP) is 3.01. The van der Waals surface area contributed by atoms with Crippen molar-refractivity contribution < 1.29 is 14.3 Å². The van der Waals surface area contributed by atoms with E-state index in [-0.39, 0.29) is 11.9 Å². The zero-order chi connectivity index (χ0) is 24.6. The summed E-state index contributed by atoms with van der Waals surface area (Å²) in [7, 11) is 1.63. The van der Waals surface area contributed by atoms with Crippen LogP contribution in [0.1, 0.15) is 31.0 Å². The highest BCUT2D eigenvalue weighted by atomic mass is 16.5. The molecular formula is C25H29N7O3. The van der Waals surface area contributed by atoms with Crippen LogP contribution in [0.25, 0.3) is 11.1 Å². The Morgan fingerprint density at radius 1 is 1.23 bits per heavy atom. The maximum absolute atomic E-state index is 13.8. The number of nitrogens with one attached hydrogen (secondary N) is 1. The normalized spacial score (nSPS) is 17.3. The van der Waals surface area contributed by atoms with E-state index in [9.17, 15) is 9.59 Å². The summed E-state index contributed by atoms with van der Waals surface area (Å²) in [4.78, 5) is 40.5. The van der Waals surface area contributed by atoms with E-state index in [2.05, 4.69) is 15.2 Å². The number of benzene rings is 1. The van der Waals surface area contributed by atoms with Gasteiger partial charge in [-0.2, -0.15) is 5.10 Å². The molecule has 0 bridgehead atoms. The third kappa shape index (κ3) is 4.20. The molecule has 2 aliphatic rings. The number of urea groups is 1. The molecule has 182 valence electrons. The summed E-state index contributed by atoms with van der Waals surface area (Å²) in [5.74, 6) is 1.20. The van der Waals surface area contributed by atoms with Crippen LogP contribution >= 0.6 is 0 Å². The SMILES string of the molecule is COc1cccc(CN2C(=O)N(c3ncc(-c4cn[nH]c4)c(C)n3)CC23CCN(C(C)=O)CC3)c1. The first-order chi connectivity index (χ1) is 16.9. The van der Waals surface area contributed by atoms with Crippen molar-refractivity contribution in [2.75, 3.05) is 31.6 Å². The topological polar surface area (TPSA) is 108 Å². The number of hydrogen-bond donors (Lipinski definition) is 1. The van der Waals surface area contributed by atoms with Gasteiger partial charge in [-0.05, 0) is 37.5 Å². The Balaban J connectivity index is 1.47. The van der Waals surface area contributed by atoms with E-state index in [0.717, 1.165) is 28.1 Å². The molecule has 4 heterocycles. The molecule has 0 radical (unpaired) electrons. The van der Waals surface area contributed by atoms with Crippen molar-refractivity contribution in [1.82, 2.24) is 30.0 Å². The minimum atomic E-state index is -0.410. The van der Waals surface area contributed by atoms with Crippen LogP contribution in [-0.2, 0) is 11.3 Å². The summed E-state index contributed by atoms with van der Waals surface area (Å²) in [5.41, 5.74) is 3.12. The second kappa shape index (κ2) is 9.01. The predicted molar refractivity (Wildman–Crippen MR) is 130 cm³/mol. The first-order valence-corrected chi connectivity index (χ1v) is 11.7. The number of hydrogen-bond acceptors (Lipinski definition) is 6. The van der Waals surface area contributed by atoms with E-state index in [1.165, 1.54) is 0 Å². The van der Waals surface area contributed by atoms with Crippen LogP contribution in [0.5, 0.6) is 5.75 Å². The molecule has 1 aromatic carbocycles. The second-order valence-corrected chi connectivity index (χ2v) is 9.19. The molecule has 35 heavy (non-hydrogen) atoms. The molecule has 0 saturated carbocycles. The zero-order valence-corrected chi connectivity index (χ0v) is 20.2. The second-order valence-electron chi connectivity index (χ2n) is 9.19. The summed E-state index contributed by atoms with van der Waals surface area (Å²) in [6, 6.07) is 7.64. The molecule has 3 aromatic rings. The number of nitrogens with zero attached hydrogens (tertiary/aromatic N) is 6. The number of piperidine rings is 1. The number of H-pyrrole nitrogens is 1. The number of aryl methyl sites for hydroxylation is 1. The number of methoxy groups -OCH3 is 1. The molecular weight excluding hydrogens is 446 g/mol. The van der Waals surface area contributed by atoms with Crippen molar-refractivity contribution in [3.05, 3.63) is 54.1 Å².